The van der Waals surface area contributed by atoms with Gasteiger partial charge in [0.2, 0.25) is 0 Å². The van der Waals surface area contributed by atoms with Crippen LogP contribution in [0.15, 0.2) is 53.4 Å². The van der Waals surface area contributed by atoms with Crippen LogP contribution in [0, 0.1) is 24.1 Å². The van der Waals surface area contributed by atoms with E-state index in [4.69, 9.17) is 14.2 Å². The number of carbonyl (C=O) groups is 1. The Bertz CT molecular complexity index is 1530. The molecule has 0 radical (unpaired) electrons. The highest BCUT2D eigenvalue weighted by Gasteiger charge is 2.43. The van der Waals surface area contributed by atoms with Gasteiger partial charge in [-0.3, -0.25) is 4.79 Å². The molecule has 4 aromatic heterocycles. The maximum atomic E-state index is 13.4. The zero-order valence-electron chi connectivity index (χ0n) is 22.4. The standard InChI is InChI=1S/C28H29FN8O3/c1-17-12-24(36-40-17)34-23-6-4-20(13-30)26(35-23)19-8-10-28(39-3,11-9-19)27(38)33-18(2)21-5-7-25(31-14-21)37-16-22(29)15-32-37/h4-7,12,14-16,18-19H,8-11H2,1-3H3,(H,33,38)(H,34,35,36)/t18-,19?,28?/m0/s1. The van der Waals surface area contributed by atoms with Crippen molar-refractivity contribution in [2.75, 3.05) is 12.4 Å². The van der Waals surface area contributed by atoms with E-state index in [-0.39, 0.29) is 17.9 Å². The van der Waals surface area contributed by atoms with Gasteiger partial charge in [-0.1, -0.05) is 11.2 Å². The average Bonchev–Trinajstić information content (AvgIpc) is 3.60. The summed E-state index contributed by atoms with van der Waals surface area (Å²) in [6.07, 6.45) is 6.18. The first kappa shape index (κ1) is 27.0. The molecular weight excluding hydrogens is 515 g/mol. The number of anilines is 2. The summed E-state index contributed by atoms with van der Waals surface area (Å²) in [4.78, 5) is 22.5. The number of amides is 1. The van der Waals surface area contributed by atoms with Crippen LogP contribution in [-0.2, 0) is 9.53 Å². The van der Waals surface area contributed by atoms with Crippen LogP contribution < -0.4 is 10.6 Å². The van der Waals surface area contributed by atoms with Gasteiger partial charge < -0.3 is 19.9 Å². The van der Waals surface area contributed by atoms with Crippen LogP contribution in [0.25, 0.3) is 5.82 Å². The van der Waals surface area contributed by atoms with Crippen molar-refractivity contribution in [3.05, 3.63) is 77.3 Å². The highest BCUT2D eigenvalue weighted by Crippen LogP contribution is 2.41. The minimum absolute atomic E-state index is 0.00665. The minimum Gasteiger partial charge on any atom is -0.368 e. The van der Waals surface area contributed by atoms with E-state index in [0.29, 0.717) is 60.2 Å². The molecule has 5 rings (SSSR count). The van der Waals surface area contributed by atoms with Crippen LogP contribution in [0.1, 0.15) is 67.1 Å². The van der Waals surface area contributed by atoms with Gasteiger partial charge >= 0.3 is 0 Å². The van der Waals surface area contributed by atoms with E-state index in [1.807, 2.05) is 13.0 Å². The number of hydrogen-bond acceptors (Lipinski definition) is 9. The van der Waals surface area contributed by atoms with Crippen LogP contribution >= 0.6 is 0 Å². The fourth-order valence-corrected chi connectivity index (χ4v) is 5.02. The van der Waals surface area contributed by atoms with Gasteiger partial charge in [-0.2, -0.15) is 10.4 Å². The number of hydrogen-bond donors (Lipinski definition) is 2. The van der Waals surface area contributed by atoms with Crippen LogP contribution in [0.5, 0.6) is 0 Å². The van der Waals surface area contributed by atoms with E-state index in [2.05, 4.69) is 31.9 Å². The van der Waals surface area contributed by atoms with Gasteiger partial charge in [0.25, 0.3) is 5.91 Å². The summed E-state index contributed by atoms with van der Waals surface area (Å²) in [7, 11) is 1.55. The number of nitrogens with one attached hydrogen (secondary N) is 2. The molecule has 1 aliphatic carbocycles. The van der Waals surface area contributed by atoms with Gasteiger partial charge in [0.15, 0.2) is 17.5 Å². The lowest BCUT2D eigenvalue weighted by molar-refractivity contribution is -0.148. The lowest BCUT2D eigenvalue weighted by atomic mass is 9.76. The van der Waals surface area contributed by atoms with Crippen molar-refractivity contribution in [1.82, 2.24) is 30.2 Å². The Kier molecular flexibility index (Phi) is 7.57. The van der Waals surface area contributed by atoms with Crippen molar-refractivity contribution in [2.24, 2.45) is 0 Å². The zero-order chi connectivity index (χ0) is 28.3. The predicted molar refractivity (Wildman–Crippen MR) is 142 cm³/mol. The summed E-state index contributed by atoms with van der Waals surface area (Å²) >= 11 is 0. The van der Waals surface area contributed by atoms with Crippen molar-refractivity contribution in [3.63, 3.8) is 0 Å². The van der Waals surface area contributed by atoms with E-state index in [1.165, 1.54) is 10.9 Å². The number of carbonyl (C=O) groups excluding carboxylic acids is 1. The van der Waals surface area contributed by atoms with Gasteiger partial charge in [0.05, 0.1) is 29.7 Å². The molecule has 1 atom stereocenters. The number of nitrogens with zero attached hydrogens (tertiary/aromatic N) is 6. The molecule has 0 bridgehead atoms. The molecule has 4 heterocycles. The number of methoxy groups -OCH3 is 1. The molecule has 1 saturated carbocycles. The van der Waals surface area contributed by atoms with Crippen LogP contribution in [0.4, 0.5) is 16.0 Å². The quantitative estimate of drug-likeness (QED) is 0.324. The summed E-state index contributed by atoms with van der Waals surface area (Å²) in [5.74, 6) is 1.59. The number of pyridine rings is 2. The third-order valence-electron chi connectivity index (χ3n) is 7.32. The topological polar surface area (TPSA) is 144 Å². The van der Waals surface area contributed by atoms with Crippen molar-refractivity contribution in [2.45, 2.75) is 57.1 Å². The molecule has 1 aliphatic rings. The van der Waals surface area contributed by atoms with E-state index >= 15 is 0 Å². The molecule has 12 heteroatoms. The molecule has 1 amide bonds. The summed E-state index contributed by atoms with van der Waals surface area (Å²) in [5, 5.41) is 23.7. The smallest absolute Gasteiger partial charge is 0.252 e. The van der Waals surface area contributed by atoms with Gasteiger partial charge in [-0.15, -0.1) is 0 Å². The number of ether oxygens (including phenoxy) is 1. The monoisotopic (exact) mass is 544 g/mol. The molecule has 4 aromatic rings. The molecule has 0 saturated heterocycles. The minimum atomic E-state index is -0.994. The third-order valence-corrected chi connectivity index (χ3v) is 7.32. The first-order valence-corrected chi connectivity index (χ1v) is 12.9. The molecule has 1 fully saturated rings. The molecular formula is C28H29FN8O3. The third kappa shape index (κ3) is 5.55. The highest BCUT2D eigenvalue weighted by atomic mass is 19.1. The fourth-order valence-electron chi connectivity index (χ4n) is 5.02. The Labute approximate surface area is 230 Å². The van der Waals surface area contributed by atoms with E-state index in [9.17, 15) is 14.4 Å². The maximum absolute atomic E-state index is 13.4. The molecule has 0 aromatic carbocycles. The summed E-state index contributed by atoms with van der Waals surface area (Å²) < 4.78 is 25.5. The second-order valence-corrected chi connectivity index (χ2v) is 9.91. The van der Waals surface area contributed by atoms with E-state index in [0.717, 1.165) is 11.8 Å². The largest absolute Gasteiger partial charge is 0.368 e. The summed E-state index contributed by atoms with van der Waals surface area (Å²) in [5.41, 5.74) is 0.989. The first-order valence-electron chi connectivity index (χ1n) is 12.9. The lowest BCUT2D eigenvalue weighted by Crippen LogP contribution is -2.50. The van der Waals surface area contributed by atoms with E-state index < -0.39 is 11.4 Å². The number of aryl methyl sites for hydroxylation is 1. The molecule has 2 N–H and O–H groups in total. The Balaban J connectivity index is 1.24. The molecule has 40 heavy (non-hydrogen) atoms. The Hall–Kier alpha value is -4.63. The van der Waals surface area contributed by atoms with Crippen molar-refractivity contribution >= 4 is 17.5 Å². The summed E-state index contributed by atoms with van der Waals surface area (Å²) in [6, 6.07) is 10.7. The SMILES string of the molecule is COC1(C(=O)N[C@@H](C)c2ccc(-n3cc(F)cn3)nc2)CCC(c2nc(Nc3cc(C)on3)ccc2C#N)CC1. The number of halogens is 1. The molecule has 0 aliphatic heterocycles. The fraction of sp³-hybridized carbons (Fsp3) is 0.357. The van der Waals surface area contributed by atoms with Gasteiger partial charge in [0.1, 0.15) is 23.2 Å². The van der Waals surface area contributed by atoms with E-state index in [1.54, 1.807) is 44.5 Å². The second-order valence-electron chi connectivity index (χ2n) is 9.91. The highest BCUT2D eigenvalue weighted by molar-refractivity contribution is 5.85. The van der Waals surface area contributed by atoms with Crippen LogP contribution in [0.2, 0.25) is 0 Å². The number of aromatic nitrogens is 5. The predicted octanol–water partition coefficient (Wildman–Crippen LogP) is 4.63. The maximum Gasteiger partial charge on any atom is 0.252 e. The average molecular weight is 545 g/mol. The van der Waals surface area contributed by atoms with Gasteiger partial charge in [0, 0.05) is 25.3 Å². The first-order chi connectivity index (χ1) is 19.3. The summed E-state index contributed by atoms with van der Waals surface area (Å²) in [6.45, 7) is 3.67. The van der Waals surface area contributed by atoms with Crippen molar-refractivity contribution in [1.29, 1.82) is 5.26 Å². The van der Waals surface area contributed by atoms with Gasteiger partial charge in [-0.25, -0.2) is 19.0 Å². The number of nitriles is 1. The van der Waals surface area contributed by atoms with Gasteiger partial charge in [-0.05, 0) is 63.3 Å². The van der Waals surface area contributed by atoms with Crippen molar-refractivity contribution in [3.8, 4) is 11.9 Å². The molecule has 206 valence electrons. The Morgan fingerprint density at radius 2 is 2.05 bits per heavy atom. The Morgan fingerprint density at radius 3 is 2.65 bits per heavy atom. The molecule has 11 nitrogen and oxygen atoms in total. The normalized spacial score (nSPS) is 19.5. The van der Waals surface area contributed by atoms with Crippen molar-refractivity contribution < 1.29 is 18.4 Å². The molecule has 0 unspecified atom stereocenters. The lowest BCUT2D eigenvalue weighted by Gasteiger charge is -2.38. The van der Waals surface area contributed by atoms with Crippen LogP contribution in [-0.4, -0.2) is 43.5 Å². The Morgan fingerprint density at radius 1 is 1.25 bits per heavy atom. The molecule has 0 spiro atoms. The number of rotatable bonds is 8. The second kappa shape index (κ2) is 11.2. The van der Waals surface area contributed by atoms with Crippen LogP contribution in [0.3, 0.4) is 0 Å². The zero-order valence-corrected chi connectivity index (χ0v) is 22.4.